The van der Waals surface area contributed by atoms with Crippen LogP contribution in [0.4, 0.5) is 0 Å². The largest absolute Gasteiger partial charge is 0.472 e. The number of rotatable bonds is 3. The van der Waals surface area contributed by atoms with Gasteiger partial charge in [0.25, 0.3) is 0 Å². The molecule has 0 fully saturated rings. The fourth-order valence-electron chi connectivity index (χ4n) is 3.72. The molecule has 5 heterocycles. The van der Waals surface area contributed by atoms with E-state index in [1.54, 1.807) is 24.9 Å². The number of nitrogens with one attached hydrogen (secondary N) is 2. The van der Waals surface area contributed by atoms with Gasteiger partial charge in [0, 0.05) is 39.8 Å². The second kappa shape index (κ2) is 6.17. The first kappa shape index (κ1) is 15.8. The number of fused-ring (bicyclic) bond motifs is 2. The fraction of sp³-hybridized carbons (Fsp3) is 0. The summed E-state index contributed by atoms with van der Waals surface area (Å²) in [6.07, 6.45) is 6.96. The molecular weight excluding hydrogens is 362 g/mol. The van der Waals surface area contributed by atoms with E-state index >= 15 is 0 Å². The number of hydrogen-bond acceptors (Lipinski definition) is 4. The van der Waals surface area contributed by atoms with E-state index in [0.717, 1.165) is 55.7 Å². The molecule has 0 bridgehead atoms. The maximum atomic E-state index is 5.24. The Bertz CT molecular complexity index is 1450. The van der Waals surface area contributed by atoms with E-state index in [-0.39, 0.29) is 0 Å². The van der Waals surface area contributed by atoms with Crippen LogP contribution in [0.5, 0.6) is 0 Å². The molecule has 6 aromatic rings. The van der Waals surface area contributed by atoms with Crippen LogP contribution in [0.1, 0.15) is 0 Å². The zero-order valence-corrected chi connectivity index (χ0v) is 15.3. The van der Waals surface area contributed by atoms with Crippen LogP contribution in [-0.4, -0.2) is 25.1 Å². The van der Waals surface area contributed by atoms with Crippen molar-refractivity contribution in [1.82, 2.24) is 25.1 Å². The normalized spacial score (nSPS) is 11.4. The van der Waals surface area contributed by atoms with Crippen molar-refractivity contribution in [1.29, 1.82) is 0 Å². The van der Waals surface area contributed by atoms with Crippen LogP contribution in [0.3, 0.4) is 0 Å². The first-order valence-corrected chi connectivity index (χ1v) is 9.27. The lowest BCUT2D eigenvalue weighted by Crippen LogP contribution is -1.82. The molecule has 138 valence electrons. The first-order chi connectivity index (χ1) is 14.4. The van der Waals surface area contributed by atoms with Crippen molar-refractivity contribution in [3.05, 3.63) is 79.5 Å². The maximum absolute atomic E-state index is 5.24. The van der Waals surface area contributed by atoms with Crippen LogP contribution in [0.2, 0.25) is 0 Å². The summed E-state index contributed by atoms with van der Waals surface area (Å²) in [4.78, 5) is 12.5. The third-order valence-electron chi connectivity index (χ3n) is 5.12. The van der Waals surface area contributed by atoms with Gasteiger partial charge in [-0.25, -0.2) is 0 Å². The number of furan rings is 1. The minimum atomic E-state index is 0.868. The van der Waals surface area contributed by atoms with E-state index in [2.05, 4.69) is 43.3 Å². The Balaban J connectivity index is 1.53. The van der Waals surface area contributed by atoms with Gasteiger partial charge < -0.3 is 9.40 Å². The van der Waals surface area contributed by atoms with Gasteiger partial charge in [0.05, 0.1) is 35.1 Å². The third-order valence-corrected chi connectivity index (χ3v) is 5.12. The van der Waals surface area contributed by atoms with E-state index in [1.807, 2.05) is 36.4 Å². The Morgan fingerprint density at radius 2 is 1.72 bits per heavy atom. The highest BCUT2D eigenvalue weighted by molar-refractivity contribution is 6.00. The Hall–Kier alpha value is -4.19. The highest BCUT2D eigenvalue weighted by Crippen LogP contribution is 2.34. The summed E-state index contributed by atoms with van der Waals surface area (Å²) < 4.78 is 5.24. The van der Waals surface area contributed by atoms with Crippen molar-refractivity contribution < 1.29 is 4.42 Å². The zero-order valence-electron chi connectivity index (χ0n) is 15.3. The summed E-state index contributed by atoms with van der Waals surface area (Å²) in [5.74, 6) is 0. The van der Waals surface area contributed by atoms with E-state index < -0.39 is 0 Å². The summed E-state index contributed by atoms with van der Waals surface area (Å²) >= 11 is 0. The standard InChI is InChI=1S/C23H15N5O/c1-2-8-24-18(3-1)14-4-5-20-16(11-14)23(28-27-20)21-12-17-19(26-21)6-9-25-22(17)15-7-10-29-13-15/h1-13,26H,(H,27,28). The molecule has 0 atom stereocenters. The zero-order chi connectivity index (χ0) is 19.2. The van der Waals surface area contributed by atoms with Crippen molar-refractivity contribution in [3.63, 3.8) is 0 Å². The van der Waals surface area contributed by atoms with Crippen LogP contribution < -0.4 is 0 Å². The predicted octanol–water partition coefficient (Wildman–Crippen LogP) is 5.43. The topological polar surface area (TPSA) is 83.4 Å². The van der Waals surface area contributed by atoms with Gasteiger partial charge in [-0.2, -0.15) is 5.10 Å². The summed E-state index contributed by atoms with van der Waals surface area (Å²) in [6, 6.07) is 18.1. The SMILES string of the molecule is c1ccc(-c2ccc3[nH]nc(-c4cc5c(-c6ccoc6)nccc5[nH]4)c3c2)nc1. The molecule has 6 heteroatoms. The molecule has 0 aliphatic carbocycles. The van der Waals surface area contributed by atoms with Gasteiger partial charge in [-0.15, -0.1) is 0 Å². The molecule has 2 N–H and O–H groups in total. The Labute approximate surface area is 165 Å². The van der Waals surface area contributed by atoms with Crippen molar-refractivity contribution in [2.75, 3.05) is 0 Å². The molecule has 0 aliphatic heterocycles. The van der Waals surface area contributed by atoms with Gasteiger partial charge in [0.1, 0.15) is 5.69 Å². The minimum Gasteiger partial charge on any atom is -0.472 e. The molecule has 0 aliphatic rings. The lowest BCUT2D eigenvalue weighted by Gasteiger charge is -2.01. The van der Waals surface area contributed by atoms with Gasteiger partial charge in [-0.1, -0.05) is 12.1 Å². The summed E-state index contributed by atoms with van der Waals surface area (Å²) in [5.41, 5.74) is 7.60. The van der Waals surface area contributed by atoms with Gasteiger partial charge >= 0.3 is 0 Å². The molecule has 6 nitrogen and oxygen atoms in total. The summed E-state index contributed by atoms with van der Waals surface area (Å²) in [5, 5.41) is 9.77. The molecule has 0 saturated heterocycles. The molecular formula is C23H15N5O. The third kappa shape index (κ3) is 2.54. The minimum absolute atomic E-state index is 0.868. The summed E-state index contributed by atoms with van der Waals surface area (Å²) in [7, 11) is 0. The second-order valence-corrected chi connectivity index (χ2v) is 6.86. The molecule has 0 saturated carbocycles. The van der Waals surface area contributed by atoms with E-state index in [1.165, 1.54) is 0 Å². The smallest absolute Gasteiger partial charge is 0.116 e. The summed E-state index contributed by atoms with van der Waals surface area (Å²) in [6.45, 7) is 0. The Morgan fingerprint density at radius 3 is 2.59 bits per heavy atom. The van der Waals surface area contributed by atoms with Gasteiger partial charge in [-0.05, 0) is 42.5 Å². The van der Waals surface area contributed by atoms with Crippen LogP contribution in [0, 0.1) is 0 Å². The fourth-order valence-corrected chi connectivity index (χ4v) is 3.72. The van der Waals surface area contributed by atoms with Crippen LogP contribution in [0.25, 0.3) is 55.7 Å². The number of aromatic nitrogens is 5. The van der Waals surface area contributed by atoms with Crippen molar-refractivity contribution in [2.24, 2.45) is 0 Å². The van der Waals surface area contributed by atoms with Crippen LogP contribution in [-0.2, 0) is 0 Å². The number of H-pyrrole nitrogens is 2. The second-order valence-electron chi connectivity index (χ2n) is 6.86. The van der Waals surface area contributed by atoms with Crippen molar-refractivity contribution in [2.45, 2.75) is 0 Å². The molecule has 0 spiro atoms. The van der Waals surface area contributed by atoms with E-state index in [4.69, 9.17) is 4.42 Å². The van der Waals surface area contributed by atoms with Gasteiger partial charge in [0.2, 0.25) is 0 Å². The molecule has 0 amide bonds. The lowest BCUT2D eigenvalue weighted by molar-refractivity contribution is 0.568. The highest BCUT2D eigenvalue weighted by atomic mass is 16.3. The Morgan fingerprint density at radius 1 is 0.759 bits per heavy atom. The first-order valence-electron chi connectivity index (χ1n) is 9.27. The average molecular weight is 377 g/mol. The van der Waals surface area contributed by atoms with E-state index in [9.17, 15) is 0 Å². The molecule has 29 heavy (non-hydrogen) atoms. The number of nitrogens with zero attached hydrogens (tertiary/aromatic N) is 3. The molecule has 0 radical (unpaired) electrons. The predicted molar refractivity (Wildman–Crippen MR) is 112 cm³/mol. The number of aromatic amines is 2. The number of benzene rings is 1. The van der Waals surface area contributed by atoms with E-state index in [0.29, 0.717) is 0 Å². The molecule has 5 aromatic heterocycles. The van der Waals surface area contributed by atoms with Crippen LogP contribution in [0.15, 0.2) is 83.9 Å². The monoisotopic (exact) mass is 377 g/mol. The van der Waals surface area contributed by atoms with Gasteiger partial charge in [0.15, 0.2) is 0 Å². The molecule has 6 rings (SSSR count). The number of hydrogen-bond donors (Lipinski definition) is 2. The Kier molecular flexibility index (Phi) is 3.37. The van der Waals surface area contributed by atoms with Crippen molar-refractivity contribution >= 4 is 21.8 Å². The molecule has 0 unspecified atom stereocenters. The molecule has 1 aromatic carbocycles. The maximum Gasteiger partial charge on any atom is 0.116 e. The average Bonchev–Trinajstić information content (AvgIpc) is 3.52. The van der Waals surface area contributed by atoms with Gasteiger partial charge in [-0.3, -0.25) is 15.1 Å². The quantitative estimate of drug-likeness (QED) is 0.431. The van der Waals surface area contributed by atoms with Crippen molar-refractivity contribution in [3.8, 4) is 33.9 Å². The van der Waals surface area contributed by atoms with Crippen LogP contribution >= 0.6 is 0 Å². The lowest BCUT2D eigenvalue weighted by atomic mass is 10.1. The number of pyridine rings is 2. The highest BCUT2D eigenvalue weighted by Gasteiger charge is 2.15.